The van der Waals surface area contributed by atoms with E-state index >= 15 is 0 Å². The van der Waals surface area contributed by atoms with Gasteiger partial charge in [0.1, 0.15) is 11.6 Å². The molecule has 136 valence electrons. The fraction of sp³-hybridized carbons (Fsp3) is 0.118. The second-order valence-electron chi connectivity index (χ2n) is 5.53. The molecule has 1 aliphatic heterocycles. The van der Waals surface area contributed by atoms with Gasteiger partial charge in [0.25, 0.3) is 0 Å². The number of Topliss-reactive ketones (excluding diaryl/α,β-unsaturated/α-hetero) is 1. The van der Waals surface area contributed by atoms with Crippen LogP contribution in [-0.4, -0.2) is 14.2 Å². The number of rotatable bonds is 5. The summed E-state index contributed by atoms with van der Waals surface area (Å²) in [6.07, 6.45) is -1.33. The molecule has 2 N–H and O–H groups in total. The van der Waals surface area contributed by atoms with Gasteiger partial charge in [-0.25, -0.2) is 4.39 Å². The predicted octanol–water partition coefficient (Wildman–Crippen LogP) is 2.79. The molecule has 9 heteroatoms. The van der Waals surface area contributed by atoms with Crippen molar-refractivity contribution in [3.8, 4) is 0 Å². The fourth-order valence-corrected chi connectivity index (χ4v) is 3.75. The Balaban J connectivity index is 1.80. The Labute approximate surface area is 154 Å². The number of hydrogen-bond acceptors (Lipinski definition) is 6. The molecule has 2 aromatic carbocycles. The zero-order valence-corrected chi connectivity index (χ0v) is 14.8. The van der Waals surface area contributed by atoms with Crippen molar-refractivity contribution in [1.82, 2.24) is 0 Å². The number of carbonyl (C=O) groups excluding carboxylic acids is 1. The molecule has 0 bridgehead atoms. The molecular formula is C17H13ClFNO5S. The summed E-state index contributed by atoms with van der Waals surface area (Å²) in [4.78, 5) is 12.5. The first-order valence-corrected chi connectivity index (χ1v) is 9.33. The number of hydrogen-bond donors (Lipinski definition) is 1. The van der Waals surface area contributed by atoms with Crippen LogP contribution in [0.5, 0.6) is 0 Å². The number of ether oxygens (including phenoxy) is 1. The standard InChI is InChI=1S/C17H13ClFNO5S/c18-12-6-11(7-13(19)8-12)15-14(21)16(17(20)24-15)25-26(22,23)9-10-4-2-1-3-5-10/h1-8,15H,9,20H2. The molecule has 1 atom stereocenters. The zero-order chi connectivity index (χ0) is 18.9. The van der Waals surface area contributed by atoms with Crippen LogP contribution in [0.2, 0.25) is 5.02 Å². The maximum atomic E-state index is 13.5. The highest BCUT2D eigenvalue weighted by Crippen LogP contribution is 2.34. The van der Waals surface area contributed by atoms with Gasteiger partial charge in [-0.1, -0.05) is 41.9 Å². The fourth-order valence-electron chi connectivity index (χ4n) is 2.44. The maximum absolute atomic E-state index is 13.5. The molecule has 0 amide bonds. The van der Waals surface area contributed by atoms with E-state index in [0.29, 0.717) is 5.56 Å². The van der Waals surface area contributed by atoms with Crippen LogP contribution in [0.25, 0.3) is 0 Å². The molecule has 0 spiro atoms. The Morgan fingerprint density at radius 1 is 1.19 bits per heavy atom. The van der Waals surface area contributed by atoms with Crippen LogP contribution in [0.1, 0.15) is 17.2 Å². The highest BCUT2D eigenvalue weighted by atomic mass is 35.5. The number of halogens is 2. The minimum atomic E-state index is -4.14. The molecule has 0 aliphatic carbocycles. The number of nitrogens with two attached hydrogens (primary N) is 1. The summed E-state index contributed by atoms with van der Waals surface area (Å²) < 4.78 is 47.9. The molecule has 0 aromatic heterocycles. The SMILES string of the molecule is NC1=C(OS(=O)(=O)Cc2ccccc2)C(=O)C(c2cc(F)cc(Cl)c2)O1. The summed E-state index contributed by atoms with van der Waals surface area (Å²) in [5.74, 6) is -3.08. The lowest BCUT2D eigenvalue weighted by Gasteiger charge is -2.10. The molecule has 0 radical (unpaired) electrons. The van der Waals surface area contributed by atoms with Crippen LogP contribution < -0.4 is 5.73 Å². The molecular weight excluding hydrogens is 385 g/mol. The first-order valence-electron chi connectivity index (χ1n) is 7.38. The Hall–Kier alpha value is -2.58. The third-order valence-corrected chi connectivity index (χ3v) is 4.84. The minimum absolute atomic E-state index is 0.0565. The molecule has 2 aromatic rings. The van der Waals surface area contributed by atoms with Crippen molar-refractivity contribution in [2.75, 3.05) is 0 Å². The van der Waals surface area contributed by atoms with E-state index < -0.39 is 45.2 Å². The van der Waals surface area contributed by atoms with Gasteiger partial charge in [0.2, 0.25) is 17.4 Å². The van der Waals surface area contributed by atoms with E-state index in [-0.39, 0.29) is 10.6 Å². The second kappa shape index (κ2) is 6.97. The third kappa shape index (κ3) is 3.97. The van der Waals surface area contributed by atoms with E-state index in [0.717, 1.165) is 12.1 Å². The van der Waals surface area contributed by atoms with Gasteiger partial charge in [0.05, 0.1) is 0 Å². The van der Waals surface area contributed by atoms with Crippen LogP contribution in [0, 0.1) is 5.82 Å². The van der Waals surface area contributed by atoms with Crippen molar-refractivity contribution < 1.29 is 26.5 Å². The Bertz CT molecular complexity index is 971. The lowest BCUT2D eigenvalue weighted by Crippen LogP contribution is -2.16. The van der Waals surface area contributed by atoms with Gasteiger partial charge in [0.15, 0.2) is 6.10 Å². The van der Waals surface area contributed by atoms with Gasteiger partial charge >= 0.3 is 10.1 Å². The van der Waals surface area contributed by atoms with Crippen LogP contribution in [-0.2, 0) is 29.6 Å². The van der Waals surface area contributed by atoms with Crippen molar-refractivity contribution in [1.29, 1.82) is 0 Å². The van der Waals surface area contributed by atoms with Crippen LogP contribution >= 0.6 is 11.6 Å². The number of carbonyl (C=O) groups is 1. The van der Waals surface area contributed by atoms with Crippen molar-refractivity contribution in [2.45, 2.75) is 11.9 Å². The van der Waals surface area contributed by atoms with E-state index in [4.69, 9.17) is 26.3 Å². The summed E-state index contributed by atoms with van der Waals surface area (Å²) in [6.45, 7) is 0. The predicted molar refractivity (Wildman–Crippen MR) is 91.6 cm³/mol. The van der Waals surface area contributed by atoms with Crippen molar-refractivity contribution >= 4 is 27.5 Å². The molecule has 0 fully saturated rings. The van der Waals surface area contributed by atoms with Crippen LogP contribution in [0.15, 0.2) is 60.2 Å². The quantitative estimate of drug-likeness (QED) is 0.779. The summed E-state index contributed by atoms with van der Waals surface area (Å²) in [7, 11) is -4.14. The molecule has 26 heavy (non-hydrogen) atoms. The van der Waals surface area contributed by atoms with Gasteiger partial charge < -0.3 is 14.7 Å². The Morgan fingerprint density at radius 3 is 2.54 bits per heavy atom. The molecule has 1 heterocycles. The smallest absolute Gasteiger partial charge is 0.313 e. The number of ketones is 1. The Kier molecular flexibility index (Phi) is 4.88. The normalized spacial score (nSPS) is 17.3. The summed E-state index contributed by atoms with van der Waals surface area (Å²) in [6, 6.07) is 11.7. The lowest BCUT2D eigenvalue weighted by atomic mass is 10.1. The van der Waals surface area contributed by atoms with Gasteiger partial charge in [0, 0.05) is 10.6 Å². The highest BCUT2D eigenvalue weighted by molar-refractivity contribution is 7.86. The Morgan fingerprint density at radius 2 is 1.88 bits per heavy atom. The summed E-state index contributed by atoms with van der Waals surface area (Å²) in [5, 5.41) is 0.0565. The first-order chi connectivity index (χ1) is 12.2. The molecule has 1 aliphatic rings. The monoisotopic (exact) mass is 397 g/mol. The zero-order valence-electron chi connectivity index (χ0n) is 13.2. The van der Waals surface area contributed by atoms with Gasteiger partial charge in [-0.3, -0.25) is 4.79 Å². The molecule has 0 saturated heterocycles. The van der Waals surface area contributed by atoms with E-state index in [1.54, 1.807) is 30.3 Å². The van der Waals surface area contributed by atoms with Crippen molar-refractivity contribution in [3.05, 3.63) is 82.1 Å². The molecule has 6 nitrogen and oxygen atoms in total. The van der Waals surface area contributed by atoms with E-state index in [1.807, 2.05) is 0 Å². The maximum Gasteiger partial charge on any atom is 0.313 e. The highest BCUT2D eigenvalue weighted by Gasteiger charge is 2.39. The molecule has 1 unspecified atom stereocenters. The first kappa shape index (κ1) is 18.2. The minimum Gasteiger partial charge on any atom is -0.460 e. The third-order valence-electron chi connectivity index (χ3n) is 3.51. The summed E-state index contributed by atoms with van der Waals surface area (Å²) >= 11 is 5.77. The summed E-state index contributed by atoms with van der Waals surface area (Å²) in [5.41, 5.74) is 6.17. The van der Waals surface area contributed by atoms with Gasteiger partial charge in [-0.15, -0.1) is 0 Å². The molecule has 0 saturated carbocycles. The van der Waals surface area contributed by atoms with E-state index in [2.05, 4.69) is 0 Å². The van der Waals surface area contributed by atoms with Crippen LogP contribution in [0.4, 0.5) is 4.39 Å². The van der Waals surface area contributed by atoms with E-state index in [9.17, 15) is 17.6 Å². The lowest BCUT2D eigenvalue weighted by molar-refractivity contribution is -0.123. The van der Waals surface area contributed by atoms with Crippen molar-refractivity contribution in [2.24, 2.45) is 5.73 Å². The van der Waals surface area contributed by atoms with Gasteiger partial charge in [-0.2, -0.15) is 8.42 Å². The largest absolute Gasteiger partial charge is 0.460 e. The van der Waals surface area contributed by atoms with E-state index in [1.165, 1.54) is 6.07 Å². The average Bonchev–Trinajstić information content (AvgIpc) is 2.82. The average molecular weight is 398 g/mol. The second-order valence-corrected chi connectivity index (χ2v) is 7.54. The van der Waals surface area contributed by atoms with Gasteiger partial charge in [-0.05, 0) is 23.8 Å². The molecule has 3 rings (SSSR count). The topological polar surface area (TPSA) is 95.7 Å². The van der Waals surface area contributed by atoms with Crippen molar-refractivity contribution in [3.63, 3.8) is 0 Å². The van der Waals surface area contributed by atoms with Crippen LogP contribution in [0.3, 0.4) is 0 Å². The number of benzene rings is 2.